The number of hydrogen-bond acceptors (Lipinski definition) is 3. The molecule has 0 saturated carbocycles. The zero-order valence-electron chi connectivity index (χ0n) is 7.34. The zero-order valence-corrected chi connectivity index (χ0v) is 8.92. The van der Waals surface area contributed by atoms with Crippen molar-refractivity contribution in [3.63, 3.8) is 0 Å². The smallest absolute Gasteiger partial charge is 0.229 e. The molecule has 0 aliphatic heterocycles. The Hall–Kier alpha value is -0.770. The van der Waals surface area contributed by atoms with Gasteiger partial charge >= 0.3 is 0 Å². The van der Waals surface area contributed by atoms with E-state index >= 15 is 0 Å². The molecule has 1 heterocycles. The number of nitrogens with zero attached hydrogens (tertiary/aromatic N) is 2. The number of halogens is 1. The fraction of sp³-hybridized carbons (Fsp3) is 0.375. The highest BCUT2D eigenvalue weighted by atomic mass is 79.9. The van der Waals surface area contributed by atoms with E-state index < -0.39 is 0 Å². The van der Waals surface area contributed by atoms with E-state index in [2.05, 4.69) is 20.9 Å². The first-order chi connectivity index (χ1) is 5.66. The van der Waals surface area contributed by atoms with E-state index in [1.807, 2.05) is 25.1 Å². The van der Waals surface area contributed by atoms with Gasteiger partial charge in [-0.2, -0.15) is 0 Å². The summed E-state index contributed by atoms with van der Waals surface area (Å²) in [6.45, 7) is 0. The van der Waals surface area contributed by atoms with Gasteiger partial charge in [0.05, 0.1) is 12.8 Å². The Bertz CT molecular complexity index is 276. The fourth-order valence-electron chi connectivity index (χ4n) is 0.903. The van der Waals surface area contributed by atoms with E-state index in [-0.39, 0.29) is 0 Å². The summed E-state index contributed by atoms with van der Waals surface area (Å²) in [5.74, 6) is 0.612. The molecule has 0 aliphatic carbocycles. The highest BCUT2D eigenvalue weighted by molar-refractivity contribution is 9.10. The Labute approximate surface area is 80.5 Å². The van der Waals surface area contributed by atoms with Crippen LogP contribution >= 0.6 is 15.9 Å². The molecule has 0 radical (unpaired) electrons. The molecule has 1 aromatic rings. The van der Waals surface area contributed by atoms with Gasteiger partial charge in [-0.15, -0.1) is 0 Å². The quantitative estimate of drug-likeness (QED) is 0.777. The standard InChI is InChI=1S/C8H11BrN2O/c1-11(2)6-4-5-10-8(12-3)7(6)9/h4-5H,1-3H3. The highest BCUT2D eigenvalue weighted by Gasteiger charge is 2.07. The topological polar surface area (TPSA) is 25.4 Å². The molecule has 3 nitrogen and oxygen atoms in total. The van der Waals surface area contributed by atoms with Crippen molar-refractivity contribution in [1.82, 2.24) is 4.98 Å². The van der Waals surface area contributed by atoms with Crippen molar-refractivity contribution in [3.8, 4) is 5.88 Å². The first-order valence-corrected chi connectivity index (χ1v) is 4.32. The maximum atomic E-state index is 5.05. The van der Waals surface area contributed by atoms with Gasteiger partial charge in [-0.25, -0.2) is 4.98 Å². The Kier molecular flexibility index (Phi) is 2.92. The van der Waals surface area contributed by atoms with Crippen molar-refractivity contribution in [3.05, 3.63) is 16.7 Å². The summed E-state index contributed by atoms with van der Waals surface area (Å²) >= 11 is 3.41. The van der Waals surface area contributed by atoms with Crippen molar-refractivity contribution in [2.75, 3.05) is 26.1 Å². The SMILES string of the molecule is COc1nccc(N(C)C)c1Br. The van der Waals surface area contributed by atoms with Crippen molar-refractivity contribution >= 4 is 21.6 Å². The molecule has 0 unspecified atom stereocenters. The van der Waals surface area contributed by atoms with Crippen LogP contribution in [0.4, 0.5) is 5.69 Å². The lowest BCUT2D eigenvalue weighted by atomic mass is 10.4. The molecule has 0 amide bonds. The van der Waals surface area contributed by atoms with Crippen LogP contribution in [0, 0.1) is 0 Å². The maximum absolute atomic E-state index is 5.05. The molecule has 1 rings (SSSR count). The Balaban J connectivity index is 3.14. The maximum Gasteiger partial charge on any atom is 0.229 e. The Morgan fingerprint density at radius 1 is 1.50 bits per heavy atom. The third-order valence-electron chi connectivity index (χ3n) is 1.51. The van der Waals surface area contributed by atoms with Crippen molar-refractivity contribution in [1.29, 1.82) is 0 Å². The molecule has 0 aromatic carbocycles. The summed E-state index contributed by atoms with van der Waals surface area (Å²) in [6, 6.07) is 1.92. The Morgan fingerprint density at radius 3 is 2.67 bits per heavy atom. The van der Waals surface area contributed by atoms with E-state index in [9.17, 15) is 0 Å². The van der Waals surface area contributed by atoms with Crippen LogP contribution in [0.5, 0.6) is 5.88 Å². The lowest BCUT2D eigenvalue weighted by Crippen LogP contribution is -2.09. The second kappa shape index (κ2) is 3.76. The molecule has 0 aliphatic rings. The predicted octanol–water partition coefficient (Wildman–Crippen LogP) is 1.92. The molecule has 0 spiro atoms. The summed E-state index contributed by atoms with van der Waals surface area (Å²) in [7, 11) is 5.55. The second-order valence-corrected chi connectivity index (χ2v) is 3.34. The number of aromatic nitrogens is 1. The van der Waals surface area contributed by atoms with E-state index in [0.717, 1.165) is 10.2 Å². The lowest BCUT2D eigenvalue weighted by Gasteiger charge is -2.15. The van der Waals surface area contributed by atoms with Crippen LogP contribution in [0.3, 0.4) is 0 Å². The third-order valence-corrected chi connectivity index (χ3v) is 2.26. The fourth-order valence-corrected chi connectivity index (χ4v) is 1.65. The van der Waals surface area contributed by atoms with Gasteiger partial charge in [0.15, 0.2) is 0 Å². The molecular weight excluding hydrogens is 220 g/mol. The van der Waals surface area contributed by atoms with Gasteiger partial charge in [-0.3, -0.25) is 0 Å². The molecule has 0 N–H and O–H groups in total. The van der Waals surface area contributed by atoms with Gasteiger partial charge in [-0.1, -0.05) is 0 Å². The number of pyridine rings is 1. The normalized spacial score (nSPS) is 9.67. The number of anilines is 1. The van der Waals surface area contributed by atoms with Crippen LogP contribution in [0.2, 0.25) is 0 Å². The van der Waals surface area contributed by atoms with Crippen molar-refractivity contribution in [2.45, 2.75) is 0 Å². The van der Waals surface area contributed by atoms with Crippen molar-refractivity contribution < 1.29 is 4.74 Å². The van der Waals surface area contributed by atoms with Crippen LogP contribution in [0.1, 0.15) is 0 Å². The van der Waals surface area contributed by atoms with Gasteiger partial charge in [0.2, 0.25) is 5.88 Å². The molecule has 66 valence electrons. The number of methoxy groups -OCH3 is 1. The van der Waals surface area contributed by atoms with Gasteiger partial charge in [0.1, 0.15) is 4.47 Å². The second-order valence-electron chi connectivity index (χ2n) is 2.55. The number of ether oxygens (including phenoxy) is 1. The van der Waals surface area contributed by atoms with Crippen LogP contribution in [-0.2, 0) is 0 Å². The largest absolute Gasteiger partial charge is 0.480 e. The molecule has 0 saturated heterocycles. The Morgan fingerprint density at radius 2 is 2.17 bits per heavy atom. The minimum atomic E-state index is 0.612. The van der Waals surface area contributed by atoms with E-state index in [4.69, 9.17) is 4.74 Å². The predicted molar refractivity (Wildman–Crippen MR) is 52.8 cm³/mol. The zero-order chi connectivity index (χ0) is 9.14. The summed E-state index contributed by atoms with van der Waals surface area (Å²) in [5, 5.41) is 0. The monoisotopic (exact) mass is 230 g/mol. The molecule has 0 bridgehead atoms. The molecule has 0 fully saturated rings. The van der Waals surface area contributed by atoms with Gasteiger partial charge in [-0.05, 0) is 22.0 Å². The third kappa shape index (κ3) is 1.69. The summed E-state index contributed by atoms with van der Waals surface area (Å²) in [4.78, 5) is 6.04. The van der Waals surface area contributed by atoms with Gasteiger partial charge in [0, 0.05) is 20.3 Å². The first kappa shape index (κ1) is 9.32. The van der Waals surface area contributed by atoms with Crippen LogP contribution in [0.25, 0.3) is 0 Å². The minimum absolute atomic E-state index is 0.612. The van der Waals surface area contributed by atoms with Crippen LogP contribution < -0.4 is 9.64 Å². The van der Waals surface area contributed by atoms with E-state index in [0.29, 0.717) is 5.88 Å². The molecular formula is C8H11BrN2O. The first-order valence-electron chi connectivity index (χ1n) is 3.52. The molecule has 0 atom stereocenters. The van der Waals surface area contributed by atoms with E-state index in [1.54, 1.807) is 13.3 Å². The lowest BCUT2D eigenvalue weighted by molar-refractivity contribution is 0.395. The van der Waals surface area contributed by atoms with Crippen LogP contribution in [0.15, 0.2) is 16.7 Å². The average Bonchev–Trinajstić information content (AvgIpc) is 2.04. The molecule has 1 aromatic heterocycles. The van der Waals surface area contributed by atoms with Crippen molar-refractivity contribution in [2.24, 2.45) is 0 Å². The number of hydrogen-bond donors (Lipinski definition) is 0. The average molecular weight is 231 g/mol. The van der Waals surface area contributed by atoms with Gasteiger partial charge in [0.25, 0.3) is 0 Å². The summed E-state index contributed by atoms with van der Waals surface area (Å²) < 4.78 is 5.94. The molecule has 4 heteroatoms. The summed E-state index contributed by atoms with van der Waals surface area (Å²) in [5.41, 5.74) is 1.06. The minimum Gasteiger partial charge on any atom is -0.480 e. The molecule has 12 heavy (non-hydrogen) atoms. The van der Waals surface area contributed by atoms with Gasteiger partial charge < -0.3 is 9.64 Å². The summed E-state index contributed by atoms with van der Waals surface area (Å²) in [6.07, 6.45) is 1.72. The number of rotatable bonds is 2. The van der Waals surface area contributed by atoms with Crippen LogP contribution in [-0.4, -0.2) is 26.2 Å². The van der Waals surface area contributed by atoms with E-state index in [1.165, 1.54) is 0 Å². The highest BCUT2D eigenvalue weighted by Crippen LogP contribution is 2.31.